The second kappa shape index (κ2) is 10.2. The zero-order valence-corrected chi connectivity index (χ0v) is 17.5. The summed E-state index contributed by atoms with van der Waals surface area (Å²) in [4.78, 5) is 37.9. The van der Waals surface area contributed by atoms with E-state index >= 15 is 0 Å². The van der Waals surface area contributed by atoms with Gasteiger partial charge < -0.3 is 19.0 Å². The fourth-order valence-corrected chi connectivity index (χ4v) is 3.29. The topological polar surface area (TPSA) is 113 Å². The van der Waals surface area contributed by atoms with Crippen LogP contribution in [-0.2, 0) is 15.7 Å². The quantitative estimate of drug-likeness (QED) is 0.641. The van der Waals surface area contributed by atoms with Crippen molar-refractivity contribution >= 4 is 5.91 Å². The molecule has 12 heteroatoms. The maximum absolute atomic E-state index is 13.5. The minimum atomic E-state index is -5.16. The Balaban J connectivity index is 2.00. The zero-order valence-electron chi connectivity index (χ0n) is 17.5. The van der Waals surface area contributed by atoms with Crippen LogP contribution >= 0.6 is 0 Å². The highest BCUT2D eigenvalue weighted by Gasteiger charge is 2.41. The molecule has 178 valence electrons. The van der Waals surface area contributed by atoms with Crippen molar-refractivity contribution in [2.45, 2.75) is 50.8 Å². The summed E-state index contributed by atoms with van der Waals surface area (Å²) in [5, 5.41) is 9.58. The van der Waals surface area contributed by atoms with Crippen molar-refractivity contribution in [1.29, 1.82) is 0 Å². The van der Waals surface area contributed by atoms with Crippen LogP contribution in [0.15, 0.2) is 38.6 Å². The number of furan rings is 1. The van der Waals surface area contributed by atoms with Gasteiger partial charge in [0.25, 0.3) is 5.56 Å². The lowest BCUT2D eigenvalue weighted by Gasteiger charge is -2.18. The second-order valence-corrected chi connectivity index (χ2v) is 7.15. The molecule has 0 radical (unpaired) electrons. The van der Waals surface area contributed by atoms with Crippen LogP contribution < -0.4 is 11.2 Å². The predicted octanol–water partition coefficient (Wildman–Crippen LogP) is 1.78. The van der Waals surface area contributed by atoms with Gasteiger partial charge in [-0.1, -0.05) is 12.8 Å². The van der Waals surface area contributed by atoms with Gasteiger partial charge in [-0.05, 0) is 18.6 Å². The second-order valence-electron chi connectivity index (χ2n) is 7.15. The number of rotatable bonds is 6. The molecule has 9 nitrogen and oxygen atoms in total. The van der Waals surface area contributed by atoms with E-state index in [0.717, 1.165) is 18.8 Å². The van der Waals surface area contributed by atoms with E-state index in [1.165, 1.54) is 6.07 Å². The molecular formula is C21H21F3N2O7. The van der Waals surface area contributed by atoms with Crippen molar-refractivity contribution in [3.05, 3.63) is 56.8 Å². The fraction of sp³-hybridized carbons (Fsp3) is 0.476. The van der Waals surface area contributed by atoms with Crippen molar-refractivity contribution in [3.63, 3.8) is 0 Å². The third-order valence-corrected chi connectivity index (χ3v) is 4.89. The Hall–Kier alpha value is -3.14. The van der Waals surface area contributed by atoms with E-state index in [-0.39, 0.29) is 17.6 Å². The average Bonchev–Trinajstić information content (AvgIpc) is 3.43. The number of aliphatic hydroxyl groups is 1. The van der Waals surface area contributed by atoms with Crippen LogP contribution in [-0.4, -0.2) is 45.6 Å². The van der Waals surface area contributed by atoms with E-state index in [1.54, 1.807) is 0 Å². The van der Waals surface area contributed by atoms with E-state index < -0.39 is 59.7 Å². The number of alkyl halides is 3. The number of hydrogen-bond acceptors (Lipinski definition) is 7. The number of hydrogen-bond donors (Lipinski definition) is 1. The molecule has 1 fully saturated rings. The maximum atomic E-state index is 13.5. The summed E-state index contributed by atoms with van der Waals surface area (Å²) in [6.07, 6.45) is -5.44. The predicted molar refractivity (Wildman–Crippen MR) is 106 cm³/mol. The zero-order chi connectivity index (χ0) is 24.2. The lowest BCUT2D eigenvalue weighted by Crippen LogP contribution is -2.47. The minimum absolute atomic E-state index is 0.00355. The summed E-state index contributed by atoms with van der Waals surface area (Å²) in [6, 6.07) is 2.39. The summed E-state index contributed by atoms with van der Waals surface area (Å²) < 4.78 is 56.9. The van der Waals surface area contributed by atoms with Crippen molar-refractivity contribution in [3.8, 4) is 11.8 Å². The number of aromatic nitrogens is 2. The van der Waals surface area contributed by atoms with E-state index in [0.29, 0.717) is 17.2 Å². The number of carbonyl (C=O) groups excluding carboxylic acids is 1. The van der Waals surface area contributed by atoms with E-state index in [9.17, 15) is 32.7 Å². The van der Waals surface area contributed by atoms with Crippen LogP contribution in [0.2, 0.25) is 0 Å². The molecule has 0 aromatic carbocycles. The molecule has 1 N–H and O–H groups in total. The van der Waals surface area contributed by atoms with Crippen LogP contribution in [0.3, 0.4) is 0 Å². The number of nitrogens with zero attached hydrogens (tertiary/aromatic N) is 2. The van der Waals surface area contributed by atoms with Gasteiger partial charge in [-0.2, -0.15) is 17.7 Å². The molecule has 2 aromatic heterocycles. The van der Waals surface area contributed by atoms with Gasteiger partial charge in [-0.15, -0.1) is 5.92 Å². The lowest BCUT2D eigenvalue weighted by atomic mass is 10.2. The van der Waals surface area contributed by atoms with E-state index in [4.69, 9.17) is 13.9 Å². The fourth-order valence-electron chi connectivity index (χ4n) is 3.29. The Bertz CT molecular complexity index is 1160. The Morgan fingerprint density at radius 1 is 1.33 bits per heavy atom. The third kappa shape index (κ3) is 5.27. The summed E-state index contributed by atoms with van der Waals surface area (Å²) in [5.74, 6) is 3.79. The van der Waals surface area contributed by atoms with Gasteiger partial charge in [0.2, 0.25) is 0 Å². The highest BCUT2D eigenvalue weighted by atomic mass is 19.4. The molecule has 1 aliphatic rings. The Morgan fingerprint density at radius 2 is 2.09 bits per heavy atom. The molecule has 2 aromatic rings. The molecule has 0 saturated carbocycles. The van der Waals surface area contributed by atoms with E-state index in [1.807, 2.05) is 6.92 Å². The molecule has 3 heterocycles. The maximum Gasteiger partial charge on any atom is 0.423 e. The first-order valence-electron chi connectivity index (χ1n) is 10.1. The largest absolute Gasteiger partial charge is 0.459 e. The molecule has 3 atom stereocenters. The normalized spacial score (nSPS) is 20.5. The Labute approximate surface area is 185 Å². The highest BCUT2D eigenvalue weighted by molar-refractivity contribution is 5.93. The first-order valence-corrected chi connectivity index (χ1v) is 10.1. The molecule has 0 unspecified atom stereocenters. The Kier molecular flexibility index (Phi) is 7.57. The molecule has 0 spiro atoms. The number of halogens is 3. The number of carbonyl (C=O) groups is 1. The minimum Gasteiger partial charge on any atom is -0.459 e. The molecule has 0 amide bonds. The first-order chi connectivity index (χ1) is 15.7. The van der Waals surface area contributed by atoms with Crippen molar-refractivity contribution in [1.82, 2.24) is 9.13 Å². The molecule has 0 bridgehead atoms. The molecule has 33 heavy (non-hydrogen) atoms. The van der Waals surface area contributed by atoms with Crippen molar-refractivity contribution in [2.24, 2.45) is 0 Å². The SMILES string of the molecule is CCCC#CCO[C@H]1C[C@H](n2cc(C(F)(F)F)c(=O)n(C(=O)c3ccco3)c2=O)O[C@@H]1CO. The third-order valence-electron chi connectivity index (χ3n) is 4.89. The molecular weight excluding hydrogens is 449 g/mol. The molecule has 0 aliphatic carbocycles. The number of unbranched alkanes of at least 4 members (excludes halogenated alkanes) is 1. The van der Waals surface area contributed by atoms with Gasteiger partial charge in [0.05, 0.1) is 19.0 Å². The number of ether oxygens (including phenoxy) is 2. The molecule has 3 rings (SSSR count). The standard InChI is InChI=1S/C21H21F3N2O7/c1-2-3-4-5-8-32-15-10-17(33-16(15)12-27)25-11-13(21(22,23)24)18(28)26(20(25)30)19(29)14-7-6-9-31-14/h6-7,9,11,15-17,27H,2-3,8,10,12H2,1H3/t15-,16+,17+/m0/s1. The van der Waals surface area contributed by atoms with Gasteiger partial charge in [0.15, 0.2) is 5.76 Å². The summed E-state index contributed by atoms with van der Waals surface area (Å²) in [6.45, 7) is 1.42. The van der Waals surface area contributed by atoms with E-state index in [2.05, 4.69) is 11.8 Å². The van der Waals surface area contributed by atoms with Crippen molar-refractivity contribution < 1.29 is 37.0 Å². The van der Waals surface area contributed by atoms with Crippen LogP contribution in [0.5, 0.6) is 0 Å². The number of aliphatic hydroxyl groups excluding tert-OH is 1. The molecule has 1 aliphatic heterocycles. The first kappa shape index (κ1) is 24.5. The van der Waals surface area contributed by atoms with Gasteiger partial charge in [-0.3, -0.25) is 14.2 Å². The average molecular weight is 470 g/mol. The van der Waals surface area contributed by atoms with Gasteiger partial charge in [-0.25, -0.2) is 4.79 Å². The van der Waals surface area contributed by atoms with Gasteiger partial charge in [0.1, 0.15) is 24.5 Å². The Morgan fingerprint density at radius 3 is 2.70 bits per heavy atom. The monoisotopic (exact) mass is 470 g/mol. The van der Waals surface area contributed by atoms with Gasteiger partial charge >= 0.3 is 17.8 Å². The highest BCUT2D eigenvalue weighted by Crippen LogP contribution is 2.31. The lowest BCUT2D eigenvalue weighted by molar-refractivity contribution is -0.139. The van der Waals surface area contributed by atoms with Crippen LogP contribution in [0, 0.1) is 11.8 Å². The smallest absolute Gasteiger partial charge is 0.423 e. The summed E-state index contributed by atoms with van der Waals surface area (Å²) in [7, 11) is 0. The van der Waals surface area contributed by atoms with Crippen molar-refractivity contribution in [2.75, 3.05) is 13.2 Å². The molecule has 1 saturated heterocycles. The van der Waals surface area contributed by atoms with Gasteiger partial charge in [0, 0.05) is 19.0 Å². The van der Waals surface area contributed by atoms with Crippen LogP contribution in [0.25, 0.3) is 0 Å². The summed E-state index contributed by atoms with van der Waals surface area (Å²) in [5.41, 5.74) is -4.92. The van der Waals surface area contributed by atoms with Crippen LogP contribution in [0.4, 0.5) is 13.2 Å². The summed E-state index contributed by atoms with van der Waals surface area (Å²) >= 11 is 0. The van der Waals surface area contributed by atoms with Crippen LogP contribution in [0.1, 0.15) is 48.5 Å².